The zero-order valence-corrected chi connectivity index (χ0v) is 10.3. The lowest BCUT2D eigenvalue weighted by Crippen LogP contribution is -2.33. The van der Waals surface area contributed by atoms with Crippen LogP contribution in [0.5, 0.6) is 0 Å². The van der Waals surface area contributed by atoms with Gasteiger partial charge in [0.25, 0.3) is 0 Å². The highest BCUT2D eigenvalue weighted by molar-refractivity contribution is 4.76. The van der Waals surface area contributed by atoms with E-state index >= 15 is 0 Å². The van der Waals surface area contributed by atoms with E-state index in [1.165, 1.54) is 51.6 Å². The molecule has 0 amide bonds. The highest BCUT2D eigenvalue weighted by atomic mass is 15.1. The molecule has 0 N–H and O–H groups in total. The second kappa shape index (κ2) is 6.44. The van der Waals surface area contributed by atoms with Crippen LogP contribution >= 0.6 is 0 Å². The van der Waals surface area contributed by atoms with Gasteiger partial charge in [0, 0.05) is 0 Å². The van der Waals surface area contributed by atoms with E-state index in [9.17, 15) is 0 Å². The molecule has 0 unspecified atom stereocenters. The van der Waals surface area contributed by atoms with Gasteiger partial charge >= 0.3 is 0 Å². The third kappa shape index (κ3) is 3.61. The first-order valence-electron chi connectivity index (χ1n) is 6.46. The Hall–Kier alpha value is -0.0400. The Kier molecular flexibility index (Phi) is 5.54. The number of hydrogen-bond acceptors (Lipinski definition) is 1. The SMILES string of the molecule is CCCC(CCC)C1CCN(C)CC1. The van der Waals surface area contributed by atoms with Crippen LogP contribution in [0.3, 0.4) is 0 Å². The Morgan fingerprint density at radius 2 is 1.57 bits per heavy atom. The molecule has 0 aliphatic carbocycles. The predicted octanol–water partition coefficient (Wildman–Crippen LogP) is 3.54. The third-order valence-corrected chi connectivity index (χ3v) is 3.75. The van der Waals surface area contributed by atoms with Crippen molar-refractivity contribution in [2.75, 3.05) is 20.1 Å². The summed E-state index contributed by atoms with van der Waals surface area (Å²) in [6.07, 6.45) is 8.56. The van der Waals surface area contributed by atoms with E-state index < -0.39 is 0 Å². The summed E-state index contributed by atoms with van der Waals surface area (Å²) in [5.41, 5.74) is 0. The molecule has 0 saturated carbocycles. The summed E-state index contributed by atoms with van der Waals surface area (Å²) < 4.78 is 0. The van der Waals surface area contributed by atoms with Crippen molar-refractivity contribution >= 4 is 0 Å². The zero-order valence-electron chi connectivity index (χ0n) is 10.3. The molecule has 0 aromatic rings. The van der Waals surface area contributed by atoms with Crippen LogP contribution < -0.4 is 0 Å². The Balaban J connectivity index is 2.34. The zero-order chi connectivity index (χ0) is 10.4. The summed E-state index contributed by atoms with van der Waals surface area (Å²) >= 11 is 0. The van der Waals surface area contributed by atoms with Gasteiger partial charge in [-0.25, -0.2) is 0 Å². The Morgan fingerprint density at radius 3 is 2.00 bits per heavy atom. The number of likely N-dealkylation sites (tertiary alicyclic amines) is 1. The van der Waals surface area contributed by atoms with Crippen molar-refractivity contribution in [2.24, 2.45) is 11.8 Å². The van der Waals surface area contributed by atoms with Gasteiger partial charge < -0.3 is 4.90 Å². The highest BCUT2D eigenvalue weighted by Gasteiger charge is 2.23. The molecule has 1 aliphatic rings. The lowest BCUT2D eigenvalue weighted by Gasteiger charge is -2.34. The van der Waals surface area contributed by atoms with Gasteiger partial charge in [-0.05, 0) is 44.8 Å². The molecule has 1 nitrogen and oxygen atoms in total. The maximum Gasteiger partial charge on any atom is -0.00190 e. The van der Waals surface area contributed by atoms with Gasteiger partial charge in [-0.1, -0.05) is 39.5 Å². The minimum absolute atomic E-state index is 1.03. The predicted molar refractivity (Wildman–Crippen MR) is 63.5 cm³/mol. The Bertz CT molecular complexity index is 130. The third-order valence-electron chi connectivity index (χ3n) is 3.75. The van der Waals surface area contributed by atoms with Crippen LogP contribution in [0, 0.1) is 11.8 Å². The molecule has 1 aliphatic heterocycles. The minimum atomic E-state index is 1.03. The van der Waals surface area contributed by atoms with E-state index in [2.05, 4.69) is 25.8 Å². The van der Waals surface area contributed by atoms with E-state index in [1.807, 2.05) is 0 Å². The topological polar surface area (TPSA) is 3.24 Å². The normalized spacial score (nSPS) is 20.6. The van der Waals surface area contributed by atoms with Gasteiger partial charge in [-0.15, -0.1) is 0 Å². The van der Waals surface area contributed by atoms with E-state index in [4.69, 9.17) is 0 Å². The fourth-order valence-corrected chi connectivity index (χ4v) is 2.86. The summed E-state index contributed by atoms with van der Waals surface area (Å²) in [6.45, 7) is 7.32. The minimum Gasteiger partial charge on any atom is -0.306 e. The van der Waals surface area contributed by atoms with E-state index in [-0.39, 0.29) is 0 Å². The lowest BCUT2D eigenvalue weighted by atomic mass is 9.79. The summed E-state index contributed by atoms with van der Waals surface area (Å²) in [7, 11) is 2.25. The van der Waals surface area contributed by atoms with Crippen LogP contribution in [0.15, 0.2) is 0 Å². The van der Waals surface area contributed by atoms with E-state index in [0.29, 0.717) is 0 Å². The molecule has 1 rings (SSSR count). The summed E-state index contributed by atoms with van der Waals surface area (Å²) in [4.78, 5) is 2.48. The first kappa shape index (κ1) is 12.0. The number of rotatable bonds is 5. The molecule has 84 valence electrons. The molecule has 0 radical (unpaired) electrons. The van der Waals surface area contributed by atoms with Crippen LogP contribution in [0.25, 0.3) is 0 Å². The molecule has 0 atom stereocenters. The average molecular weight is 197 g/mol. The van der Waals surface area contributed by atoms with Gasteiger partial charge in [-0.2, -0.15) is 0 Å². The first-order valence-corrected chi connectivity index (χ1v) is 6.46. The van der Waals surface area contributed by atoms with Gasteiger partial charge in [0.2, 0.25) is 0 Å². The number of hydrogen-bond donors (Lipinski definition) is 0. The quantitative estimate of drug-likeness (QED) is 0.651. The van der Waals surface area contributed by atoms with Crippen LogP contribution in [-0.2, 0) is 0 Å². The monoisotopic (exact) mass is 197 g/mol. The summed E-state index contributed by atoms with van der Waals surface area (Å²) in [5, 5.41) is 0. The van der Waals surface area contributed by atoms with Crippen LogP contribution in [-0.4, -0.2) is 25.0 Å². The van der Waals surface area contributed by atoms with E-state index in [1.54, 1.807) is 0 Å². The van der Waals surface area contributed by atoms with Gasteiger partial charge in [-0.3, -0.25) is 0 Å². The van der Waals surface area contributed by atoms with Crippen molar-refractivity contribution in [3.63, 3.8) is 0 Å². The van der Waals surface area contributed by atoms with Crippen molar-refractivity contribution in [3.05, 3.63) is 0 Å². The fraction of sp³-hybridized carbons (Fsp3) is 1.00. The molecule has 0 spiro atoms. The second-order valence-electron chi connectivity index (χ2n) is 4.98. The second-order valence-corrected chi connectivity index (χ2v) is 4.98. The molecule has 1 fully saturated rings. The summed E-state index contributed by atoms with van der Waals surface area (Å²) in [6, 6.07) is 0. The average Bonchev–Trinajstić information content (AvgIpc) is 2.19. The Labute approximate surface area is 89.9 Å². The van der Waals surface area contributed by atoms with Crippen molar-refractivity contribution < 1.29 is 0 Å². The van der Waals surface area contributed by atoms with Gasteiger partial charge in [0.15, 0.2) is 0 Å². The van der Waals surface area contributed by atoms with Crippen LogP contribution in [0.2, 0.25) is 0 Å². The molecule has 0 aromatic carbocycles. The highest BCUT2D eigenvalue weighted by Crippen LogP contribution is 2.30. The van der Waals surface area contributed by atoms with Crippen LogP contribution in [0.4, 0.5) is 0 Å². The fourth-order valence-electron chi connectivity index (χ4n) is 2.86. The van der Waals surface area contributed by atoms with Crippen molar-refractivity contribution in [1.29, 1.82) is 0 Å². The lowest BCUT2D eigenvalue weighted by molar-refractivity contribution is 0.158. The molecule has 14 heavy (non-hydrogen) atoms. The smallest absolute Gasteiger partial charge is 0.00190 e. The molecule has 1 heterocycles. The molecule has 0 aromatic heterocycles. The maximum absolute atomic E-state index is 2.48. The van der Waals surface area contributed by atoms with E-state index in [0.717, 1.165) is 11.8 Å². The van der Waals surface area contributed by atoms with Gasteiger partial charge in [0.05, 0.1) is 0 Å². The molecule has 1 saturated heterocycles. The Morgan fingerprint density at radius 1 is 1.07 bits per heavy atom. The summed E-state index contributed by atoms with van der Waals surface area (Å²) in [5.74, 6) is 2.06. The van der Waals surface area contributed by atoms with Crippen molar-refractivity contribution in [2.45, 2.75) is 52.4 Å². The first-order chi connectivity index (χ1) is 6.77. The number of nitrogens with zero attached hydrogens (tertiary/aromatic N) is 1. The standard InChI is InChI=1S/C13H27N/c1-4-6-12(7-5-2)13-8-10-14(3)11-9-13/h12-13H,4-11H2,1-3H3. The van der Waals surface area contributed by atoms with Crippen molar-refractivity contribution in [1.82, 2.24) is 4.90 Å². The molecule has 1 heteroatoms. The molecular formula is C13H27N. The van der Waals surface area contributed by atoms with Crippen LogP contribution in [0.1, 0.15) is 52.4 Å². The molecule has 0 bridgehead atoms. The van der Waals surface area contributed by atoms with Gasteiger partial charge in [0.1, 0.15) is 0 Å². The van der Waals surface area contributed by atoms with Crippen molar-refractivity contribution in [3.8, 4) is 0 Å². The molecular weight excluding hydrogens is 170 g/mol. The maximum atomic E-state index is 2.48. The number of piperidine rings is 1. The largest absolute Gasteiger partial charge is 0.306 e.